The molecule has 0 atom stereocenters. The molecule has 0 aliphatic heterocycles. The Morgan fingerprint density at radius 3 is 2.40 bits per heavy atom. The van der Waals surface area contributed by atoms with Gasteiger partial charge in [0.2, 0.25) is 10.0 Å². The smallest absolute Gasteiger partial charge is 0.339 e. The first-order chi connectivity index (χ1) is 6.75. The first kappa shape index (κ1) is 12.1. The first-order valence-corrected chi connectivity index (χ1v) is 5.83. The number of aromatic carboxylic acids is 1. The van der Waals surface area contributed by atoms with E-state index < -0.39 is 36.7 Å². The number of hydrogen-bond donors (Lipinski definition) is 2. The Morgan fingerprint density at radius 2 is 2.00 bits per heavy atom. The molecule has 1 rings (SSSR count). The lowest BCUT2D eigenvalue weighted by Gasteiger charge is -2.05. The predicted molar refractivity (Wildman–Crippen MR) is 52.4 cm³/mol. The molecule has 0 radical (unpaired) electrons. The Labute approximate surface area is 92.9 Å². The van der Waals surface area contributed by atoms with Gasteiger partial charge in [-0.15, -0.1) is 0 Å². The first-order valence-electron chi connectivity index (χ1n) is 3.49. The molecule has 0 spiro atoms. The van der Waals surface area contributed by atoms with Crippen LogP contribution in [-0.4, -0.2) is 19.5 Å². The van der Waals surface area contributed by atoms with Crippen LogP contribution < -0.4 is 5.14 Å². The zero-order chi connectivity index (χ0) is 11.8. The fourth-order valence-electron chi connectivity index (χ4n) is 0.949. The summed E-state index contributed by atoms with van der Waals surface area (Å²) in [5, 5.41) is 13.4. The number of carbonyl (C=O) groups is 1. The molecule has 1 aromatic carbocycles. The summed E-state index contributed by atoms with van der Waals surface area (Å²) in [6.45, 7) is 0. The van der Waals surface area contributed by atoms with Gasteiger partial charge < -0.3 is 5.11 Å². The third kappa shape index (κ3) is 2.33. The number of benzene rings is 1. The Bertz CT molecular complexity index is 528. The van der Waals surface area contributed by atoms with E-state index in [2.05, 4.69) is 15.9 Å². The van der Waals surface area contributed by atoms with E-state index in [0.29, 0.717) is 0 Å². The van der Waals surface area contributed by atoms with Crippen molar-refractivity contribution in [2.24, 2.45) is 5.14 Å². The van der Waals surface area contributed by atoms with E-state index in [1.54, 1.807) is 0 Å². The minimum absolute atomic E-state index is 0.391. The van der Waals surface area contributed by atoms with Gasteiger partial charge in [0.25, 0.3) is 0 Å². The maximum absolute atomic E-state index is 13.0. The molecule has 8 heteroatoms. The van der Waals surface area contributed by atoms with E-state index in [1.165, 1.54) is 0 Å². The van der Waals surface area contributed by atoms with Crippen molar-refractivity contribution in [1.29, 1.82) is 0 Å². The molecule has 0 unspecified atom stereocenters. The summed E-state index contributed by atoms with van der Waals surface area (Å²) in [6, 6.07) is 1.62. The standard InChI is InChI=1S/C7H5BrFNO4S/c8-6-4(15(10,13)14)2-1-3(9)5(6)7(11)12/h1-2H,(H,11,12)(H2,10,13,14). The number of hydrogen-bond acceptors (Lipinski definition) is 3. The highest BCUT2D eigenvalue weighted by molar-refractivity contribution is 9.10. The number of rotatable bonds is 2. The van der Waals surface area contributed by atoms with Crippen molar-refractivity contribution in [3.05, 3.63) is 28.0 Å². The fraction of sp³-hybridized carbons (Fsp3) is 0. The van der Waals surface area contributed by atoms with E-state index in [0.717, 1.165) is 12.1 Å². The van der Waals surface area contributed by atoms with Gasteiger partial charge in [0.15, 0.2) is 0 Å². The van der Waals surface area contributed by atoms with Crippen LogP contribution in [0.15, 0.2) is 21.5 Å². The van der Waals surface area contributed by atoms with Crippen LogP contribution >= 0.6 is 15.9 Å². The minimum Gasteiger partial charge on any atom is -0.478 e. The predicted octanol–water partition coefficient (Wildman–Crippen LogP) is 0.934. The summed E-state index contributed by atoms with van der Waals surface area (Å²) in [5.41, 5.74) is -0.762. The highest BCUT2D eigenvalue weighted by atomic mass is 79.9. The number of primary sulfonamides is 1. The van der Waals surface area contributed by atoms with E-state index in [1.807, 2.05) is 0 Å². The molecular formula is C7H5BrFNO4S. The van der Waals surface area contributed by atoms with Crippen molar-refractivity contribution < 1.29 is 22.7 Å². The second-order valence-corrected chi connectivity index (χ2v) is 4.91. The molecular weight excluding hydrogens is 293 g/mol. The zero-order valence-corrected chi connectivity index (χ0v) is 9.47. The van der Waals surface area contributed by atoms with Crippen molar-refractivity contribution in [1.82, 2.24) is 0 Å². The normalized spacial score (nSPS) is 11.4. The SMILES string of the molecule is NS(=O)(=O)c1ccc(F)c(C(=O)O)c1Br. The largest absolute Gasteiger partial charge is 0.478 e. The Balaban J connectivity index is 3.64. The van der Waals surface area contributed by atoms with Crippen molar-refractivity contribution in [3.8, 4) is 0 Å². The molecule has 0 saturated heterocycles. The van der Waals surface area contributed by atoms with E-state index in [9.17, 15) is 17.6 Å². The number of sulfonamides is 1. The van der Waals surface area contributed by atoms with Gasteiger partial charge in [0, 0.05) is 0 Å². The topological polar surface area (TPSA) is 97.5 Å². The molecule has 5 nitrogen and oxygen atoms in total. The van der Waals surface area contributed by atoms with Crippen molar-refractivity contribution in [2.75, 3.05) is 0 Å². The maximum atomic E-state index is 13.0. The van der Waals surface area contributed by atoms with Crippen LogP contribution in [0.5, 0.6) is 0 Å². The van der Waals surface area contributed by atoms with Gasteiger partial charge in [-0.2, -0.15) is 0 Å². The summed E-state index contributed by atoms with van der Waals surface area (Å²) in [4.78, 5) is 10.1. The summed E-state index contributed by atoms with van der Waals surface area (Å²) >= 11 is 2.69. The van der Waals surface area contributed by atoms with Crippen LogP contribution in [0.25, 0.3) is 0 Å². The molecule has 0 aromatic heterocycles. The third-order valence-electron chi connectivity index (χ3n) is 1.58. The van der Waals surface area contributed by atoms with Crippen molar-refractivity contribution in [2.45, 2.75) is 4.90 Å². The Morgan fingerprint density at radius 1 is 1.47 bits per heavy atom. The lowest BCUT2D eigenvalue weighted by molar-refractivity contribution is 0.0690. The van der Waals surface area contributed by atoms with Gasteiger partial charge in [0.05, 0.1) is 9.37 Å². The number of nitrogens with two attached hydrogens (primary N) is 1. The molecule has 0 fully saturated rings. The van der Waals surface area contributed by atoms with E-state index in [4.69, 9.17) is 10.2 Å². The second kappa shape index (κ2) is 3.87. The molecule has 1 aromatic rings. The molecule has 15 heavy (non-hydrogen) atoms. The van der Waals surface area contributed by atoms with E-state index >= 15 is 0 Å². The summed E-state index contributed by atoms with van der Waals surface area (Å²) in [5.74, 6) is -2.62. The van der Waals surface area contributed by atoms with E-state index in [-0.39, 0.29) is 0 Å². The maximum Gasteiger partial charge on any atom is 0.339 e. The molecule has 0 saturated carbocycles. The molecule has 0 aliphatic rings. The van der Waals surface area contributed by atoms with Gasteiger partial charge in [-0.1, -0.05) is 0 Å². The molecule has 82 valence electrons. The molecule has 0 amide bonds. The van der Waals surface area contributed by atoms with Gasteiger partial charge in [-0.25, -0.2) is 22.7 Å². The van der Waals surface area contributed by atoms with Crippen LogP contribution in [0.1, 0.15) is 10.4 Å². The highest BCUT2D eigenvalue weighted by Gasteiger charge is 2.22. The average Bonchev–Trinajstić information content (AvgIpc) is 2.00. The second-order valence-electron chi connectivity index (χ2n) is 2.58. The van der Waals surface area contributed by atoms with Crippen molar-refractivity contribution in [3.63, 3.8) is 0 Å². The quantitative estimate of drug-likeness (QED) is 0.848. The molecule has 0 heterocycles. The lowest BCUT2D eigenvalue weighted by atomic mass is 10.2. The molecule has 0 bridgehead atoms. The van der Waals surface area contributed by atoms with Crippen LogP contribution in [0, 0.1) is 5.82 Å². The van der Waals surface area contributed by atoms with Gasteiger partial charge in [0.1, 0.15) is 11.4 Å². The minimum atomic E-state index is -4.08. The monoisotopic (exact) mass is 297 g/mol. The summed E-state index contributed by atoms with van der Waals surface area (Å²) in [7, 11) is -4.08. The van der Waals surface area contributed by atoms with Crippen LogP contribution in [0.4, 0.5) is 4.39 Å². The average molecular weight is 298 g/mol. The van der Waals surface area contributed by atoms with Crippen LogP contribution in [0.3, 0.4) is 0 Å². The summed E-state index contributed by atoms with van der Waals surface area (Å²) in [6.07, 6.45) is 0. The van der Waals surface area contributed by atoms with Gasteiger partial charge >= 0.3 is 5.97 Å². The number of carboxylic acids is 1. The Hall–Kier alpha value is -0.990. The molecule has 3 N–H and O–H groups in total. The van der Waals surface area contributed by atoms with Crippen LogP contribution in [0.2, 0.25) is 0 Å². The fourth-order valence-corrected chi connectivity index (χ4v) is 2.73. The van der Waals surface area contributed by atoms with Crippen LogP contribution in [-0.2, 0) is 10.0 Å². The van der Waals surface area contributed by atoms with Gasteiger partial charge in [-0.05, 0) is 28.1 Å². The van der Waals surface area contributed by atoms with Gasteiger partial charge in [-0.3, -0.25) is 0 Å². The Kier molecular flexibility index (Phi) is 3.12. The number of carboxylic acid groups (broad SMARTS) is 1. The summed E-state index contributed by atoms with van der Waals surface area (Å²) < 4.78 is 34.6. The molecule has 0 aliphatic carbocycles. The zero-order valence-electron chi connectivity index (χ0n) is 7.07. The highest BCUT2D eigenvalue weighted by Crippen LogP contribution is 2.27. The van der Waals surface area contributed by atoms with Crippen molar-refractivity contribution >= 4 is 31.9 Å². The third-order valence-corrected chi connectivity index (χ3v) is 3.62. The number of halogens is 2. The lowest BCUT2D eigenvalue weighted by Crippen LogP contribution is -2.15.